The van der Waals surface area contributed by atoms with E-state index < -0.39 is 0 Å². The molecule has 0 spiro atoms. The molecule has 1 aromatic carbocycles. The summed E-state index contributed by atoms with van der Waals surface area (Å²) < 4.78 is 12.8. The second-order valence-corrected chi connectivity index (χ2v) is 5.05. The van der Waals surface area contributed by atoms with Gasteiger partial charge in [0.15, 0.2) is 0 Å². The second-order valence-electron chi connectivity index (χ2n) is 4.07. The molecule has 6 heteroatoms. The van der Waals surface area contributed by atoms with E-state index in [-0.39, 0.29) is 11.7 Å². The van der Waals surface area contributed by atoms with E-state index in [4.69, 9.17) is 0 Å². The minimum absolute atomic E-state index is 0.0522. The Labute approximate surface area is 114 Å². The Morgan fingerprint density at radius 3 is 2.74 bits per heavy atom. The molecule has 1 N–H and O–H groups in total. The first kappa shape index (κ1) is 13.6. The van der Waals surface area contributed by atoms with Gasteiger partial charge in [-0.3, -0.25) is 4.79 Å². The molecule has 19 heavy (non-hydrogen) atoms. The van der Waals surface area contributed by atoms with Gasteiger partial charge in [0.2, 0.25) is 11.0 Å². The van der Waals surface area contributed by atoms with Gasteiger partial charge in [-0.15, -0.1) is 10.2 Å². The molecule has 2 rings (SSSR count). The molecule has 0 atom stereocenters. The van der Waals surface area contributed by atoms with Crippen LogP contribution in [0.1, 0.15) is 26.2 Å². The molecule has 0 aliphatic heterocycles. The molecule has 1 aromatic heterocycles. The fraction of sp³-hybridized carbons (Fsp3) is 0.308. The third-order valence-corrected chi connectivity index (χ3v) is 3.41. The van der Waals surface area contributed by atoms with Gasteiger partial charge in [-0.1, -0.05) is 24.7 Å². The van der Waals surface area contributed by atoms with Crippen LogP contribution in [0.3, 0.4) is 0 Å². The molecule has 1 heterocycles. The van der Waals surface area contributed by atoms with Crippen LogP contribution in [0.5, 0.6) is 0 Å². The van der Waals surface area contributed by atoms with Crippen LogP contribution in [0.15, 0.2) is 24.3 Å². The number of benzene rings is 1. The monoisotopic (exact) mass is 279 g/mol. The van der Waals surface area contributed by atoms with E-state index in [1.165, 1.54) is 23.5 Å². The maximum absolute atomic E-state index is 12.8. The van der Waals surface area contributed by atoms with Gasteiger partial charge in [-0.05, 0) is 30.7 Å². The highest BCUT2D eigenvalue weighted by Crippen LogP contribution is 2.26. The van der Waals surface area contributed by atoms with Crippen molar-refractivity contribution < 1.29 is 9.18 Å². The largest absolute Gasteiger partial charge is 0.301 e. The van der Waals surface area contributed by atoms with Crippen molar-refractivity contribution in [3.8, 4) is 10.6 Å². The summed E-state index contributed by atoms with van der Waals surface area (Å²) in [6.07, 6.45) is 2.32. The molecule has 0 saturated heterocycles. The highest BCUT2D eigenvalue weighted by Gasteiger charge is 2.09. The second kappa shape index (κ2) is 6.38. The number of unbranched alkanes of at least 4 members (excludes halogenated alkanes) is 1. The quantitative estimate of drug-likeness (QED) is 0.911. The molecule has 0 saturated carbocycles. The smallest absolute Gasteiger partial charge is 0.226 e. The van der Waals surface area contributed by atoms with Crippen molar-refractivity contribution in [1.29, 1.82) is 0 Å². The number of aromatic nitrogens is 2. The number of amides is 1. The third kappa shape index (κ3) is 3.82. The Balaban J connectivity index is 2.02. The lowest BCUT2D eigenvalue weighted by Crippen LogP contribution is -2.10. The van der Waals surface area contributed by atoms with E-state index in [1.54, 1.807) is 12.1 Å². The molecular weight excluding hydrogens is 265 g/mol. The minimum Gasteiger partial charge on any atom is -0.301 e. The van der Waals surface area contributed by atoms with E-state index >= 15 is 0 Å². The number of halogens is 1. The van der Waals surface area contributed by atoms with Crippen LogP contribution in [0.25, 0.3) is 10.6 Å². The topological polar surface area (TPSA) is 54.9 Å². The van der Waals surface area contributed by atoms with Crippen LogP contribution in [0.2, 0.25) is 0 Å². The number of carbonyl (C=O) groups excluding carboxylic acids is 1. The molecule has 4 nitrogen and oxygen atoms in total. The summed E-state index contributed by atoms with van der Waals surface area (Å²) in [5, 5.41) is 11.7. The highest BCUT2D eigenvalue weighted by molar-refractivity contribution is 7.18. The molecule has 1 amide bonds. The standard InChI is InChI=1S/C13H14FN3OS/c1-2-3-4-11(18)15-13-17-16-12(19-13)9-5-7-10(14)8-6-9/h5-8H,2-4H2,1H3,(H,15,17,18). The predicted octanol–water partition coefficient (Wildman–Crippen LogP) is 3.47. The number of rotatable bonds is 5. The van der Waals surface area contributed by atoms with Gasteiger partial charge < -0.3 is 5.32 Å². The number of nitrogens with one attached hydrogen (secondary N) is 1. The summed E-state index contributed by atoms with van der Waals surface area (Å²) in [7, 11) is 0. The average Bonchev–Trinajstić information content (AvgIpc) is 2.85. The number of nitrogens with zero attached hydrogens (tertiary/aromatic N) is 2. The number of hydrogen-bond acceptors (Lipinski definition) is 4. The first-order valence-corrected chi connectivity index (χ1v) is 6.90. The molecule has 0 unspecified atom stereocenters. The molecule has 2 aromatic rings. The summed E-state index contributed by atoms with van der Waals surface area (Å²) in [6, 6.07) is 6.02. The van der Waals surface area contributed by atoms with Crippen LogP contribution >= 0.6 is 11.3 Å². The van der Waals surface area contributed by atoms with Crippen molar-refractivity contribution in [1.82, 2.24) is 10.2 Å². The molecule has 0 fully saturated rings. The van der Waals surface area contributed by atoms with Crippen molar-refractivity contribution in [2.24, 2.45) is 0 Å². The first-order chi connectivity index (χ1) is 9.19. The summed E-state index contributed by atoms with van der Waals surface area (Å²) in [5.41, 5.74) is 0.785. The molecule has 0 aliphatic rings. The normalized spacial score (nSPS) is 10.4. The van der Waals surface area contributed by atoms with Crippen molar-refractivity contribution in [2.45, 2.75) is 26.2 Å². The predicted molar refractivity (Wildman–Crippen MR) is 73.5 cm³/mol. The van der Waals surface area contributed by atoms with Crippen molar-refractivity contribution in [3.63, 3.8) is 0 Å². The Hall–Kier alpha value is -1.82. The SMILES string of the molecule is CCCCC(=O)Nc1nnc(-c2ccc(F)cc2)s1. The van der Waals surface area contributed by atoms with Gasteiger partial charge in [-0.2, -0.15) is 0 Å². The fourth-order valence-corrected chi connectivity index (χ4v) is 2.27. The van der Waals surface area contributed by atoms with Gasteiger partial charge in [-0.25, -0.2) is 4.39 Å². The van der Waals surface area contributed by atoms with Gasteiger partial charge in [0.05, 0.1) is 0 Å². The van der Waals surface area contributed by atoms with E-state index in [2.05, 4.69) is 15.5 Å². The number of anilines is 1. The fourth-order valence-electron chi connectivity index (χ4n) is 1.50. The average molecular weight is 279 g/mol. The molecule has 0 radical (unpaired) electrons. The van der Waals surface area contributed by atoms with Crippen LogP contribution in [-0.2, 0) is 4.79 Å². The zero-order valence-electron chi connectivity index (χ0n) is 10.5. The highest BCUT2D eigenvalue weighted by atomic mass is 32.1. The van der Waals surface area contributed by atoms with Gasteiger partial charge >= 0.3 is 0 Å². The van der Waals surface area contributed by atoms with Gasteiger partial charge in [0.1, 0.15) is 10.8 Å². The molecule has 0 bridgehead atoms. The molecular formula is C13H14FN3OS. The van der Waals surface area contributed by atoms with Gasteiger partial charge in [0, 0.05) is 12.0 Å². The van der Waals surface area contributed by atoms with Crippen LogP contribution in [-0.4, -0.2) is 16.1 Å². The van der Waals surface area contributed by atoms with Crippen LogP contribution < -0.4 is 5.32 Å². The lowest BCUT2D eigenvalue weighted by Gasteiger charge is -1.98. The summed E-state index contributed by atoms with van der Waals surface area (Å²) in [6.45, 7) is 2.03. The van der Waals surface area contributed by atoms with E-state index in [0.29, 0.717) is 16.6 Å². The van der Waals surface area contributed by atoms with Crippen LogP contribution in [0.4, 0.5) is 9.52 Å². The maximum Gasteiger partial charge on any atom is 0.226 e. The first-order valence-electron chi connectivity index (χ1n) is 6.08. The van der Waals surface area contributed by atoms with Gasteiger partial charge in [0.25, 0.3) is 0 Å². The summed E-state index contributed by atoms with van der Waals surface area (Å²) in [5.74, 6) is -0.343. The minimum atomic E-state index is -0.290. The van der Waals surface area contributed by atoms with Crippen molar-refractivity contribution in [2.75, 3.05) is 5.32 Å². The Morgan fingerprint density at radius 1 is 1.32 bits per heavy atom. The molecule has 0 aliphatic carbocycles. The zero-order valence-corrected chi connectivity index (χ0v) is 11.3. The lowest BCUT2D eigenvalue weighted by molar-refractivity contribution is -0.116. The van der Waals surface area contributed by atoms with Crippen molar-refractivity contribution in [3.05, 3.63) is 30.1 Å². The van der Waals surface area contributed by atoms with E-state index in [9.17, 15) is 9.18 Å². The van der Waals surface area contributed by atoms with E-state index in [0.717, 1.165) is 18.4 Å². The number of hydrogen-bond donors (Lipinski definition) is 1. The summed E-state index contributed by atoms with van der Waals surface area (Å²) >= 11 is 1.28. The van der Waals surface area contributed by atoms with Crippen LogP contribution in [0, 0.1) is 5.82 Å². The van der Waals surface area contributed by atoms with E-state index in [1.807, 2.05) is 6.92 Å². The molecule has 100 valence electrons. The summed E-state index contributed by atoms with van der Waals surface area (Å²) in [4.78, 5) is 11.5. The Bertz CT molecular complexity index is 553. The van der Waals surface area contributed by atoms with Crippen molar-refractivity contribution >= 4 is 22.4 Å². The maximum atomic E-state index is 12.8. The Kier molecular flexibility index (Phi) is 4.57. The lowest BCUT2D eigenvalue weighted by atomic mass is 10.2. The third-order valence-electron chi connectivity index (χ3n) is 2.52. The Morgan fingerprint density at radius 2 is 2.05 bits per heavy atom. The zero-order chi connectivity index (χ0) is 13.7. The number of carbonyl (C=O) groups is 1.